The minimum Gasteiger partial charge on any atom is -0.427 e. The Balaban J connectivity index is 4.13. The largest absolute Gasteiger partial charge is 0.427 e. The quantitative estimate of drug-likeness (QED) is 0.321. The number of carbonyl (C=O) groups is 1. The first-order valence-electron chi connectivity index (χ1n) is 3.44. The molecule has 2 nitrogen and oxygen atoms in total. The molecule has 0 saturated carbocycles. The van der Waals surface area contributed by atoms with E-state index in [4.69, 9.17) is 4.74 Å². The average Bonchev–Trinajstić information content (AvgIpc) is 2.02. The van der Waals surface area contributed by atoms with Gasteiger partial charge in [0.1, 0.15) is 5.76 Å². The van der Waals surface area contributed by atoms with E-state index in [-0.39, 0.29) is 5.97 Å². The fraction of sp³-hybridized carbons (Fsp3) is 0.222. The molecule has 0 heterocycles. The highest BCUT2D eigenvalue weighted by atomic mass is 79.9. The van der Waals surface area contributed by atoms with Crippen LogP contribution in [0.25, 0.3) is 0 Å². The second-order valence-corrected chi connectivity index (χ2v) is 2.60. The highest BCUT2D eigenvalue weighted by Gasteiger charge is 1.93. The van der Waals surface area contributed by atoms with E-state index in [0.29, 0.717) is 5.76 Å². The zero-order valence-electron chi connectivity index (χ0n) is 6.92. The topological polar surface area (TPSA) is 26.3 Å². The molecule has 0 radical (unpaired) electrons. The van der Waals surface area contributed by atoms with Crippen LogP contribution < -0.4 is 0 Å². The van der Waals surface area contributed by atoms with Gasteiger partial charge >= 0.3 is 5.97 Å². The zero-order valence-corrected chi connectivity index (χ0v) is 8.50. The predicted octanol–water partition coefficient (Wildman–Crippen LogP) is 2.57. The van der Waals surface area contributed by atoms with Crippen LogP contribution in [-0.2, 0) is 9.53 Å². The van der Waals surface area contributed by atoms with E-state index >= 15 is 0 Å². The molecule has 0 unspecified atom stereocenters. The molecule has 66 valence electrons. The van der Waals surface area contributed by atoms with Crippen LogP contribution in [0.3, 0.4) is 0 Å². The maximum atomic E-state index is 10.5. The van der Waals surface area contributed by atoms with Gasteiger partial charge in [0.05, 0.1) is 0 Å². The van der Waals surface area contributed by atoms with Gasteiger partial charge in [-0.2, -0.15) is 0 Å². The number of esters is 1. The zero-order chi connectivity index (χ0) is 9.40. The van der Waals surface area contributed by atoms with Crippen molar-refractivity contribution in [3.63, 3.8) is 0 Å². The van der Waals surface area contributed by atoms with Crippen molar-refractivity contribution in [3.8, 4) is 0 Å². The van der Waals surface area contributed by atoms with E-state index in [1.54, 1.807) is 12.2 Å². The van der Waals surface area contributed by atoms with E-state index in [1.807, 2.05) is 6.08 Å². The van der Waals surface area contributed by atoms with Crippen LogP contribution in [0.5, 0.6) is 0 Å². The fourth-order valence-electron chi connectivity index (χ4n) is 0.524. The lowest BCUT2D eigenvalue weighted by Crippen LogP contribution is -1.95. The molecular weight excluding hydrogens is 220 g/mol. The van der Waals surface area contributed by atoms with Crippen LogP contribution >= 0.6 is 15.9 Å². The van der Waals surface area contributed by atoms with E-state index in [2.05, 4.69) is 22.5 Å². The summed E-state index contributed by atoms with van der Waals surface area (Å²) >= 11 is 3.22. The van der Waals surface area contributed by atoms with Crippen molar-refractivity contribution >= 4 is 21.9 Å². The number of carbonyl (C=O) groups excluding carboxylic acids is 1. The summed E-state index contributed by atoms with van der Waals surface area (Å²) in [6.07, 6.45) is 6.83. The number of halogens is 1. The predicted molar refractivity (Wildman–Crippen MR) is 53.0 cm³/mol. The summed E-state index contributed by atoms with van der Waals surface area (Å²) in [5.41, 5.74) is 0. The molecule has 0 aliphatic rings. The van der Waals surface area contributed by atoms with Crippen molar-refractivity contribution in [1.29, 1.82) is 0 Å². The van der Waals surface area contributed by atoms with Crippen LogP contribution in [0, 0.1) is 0 Å². The van der Waals surface area contributed by atoms with Crippen LogP contribution in [0.1, 0.15) is 6.92 Å². The van der Waals surface area contributed by atoms with E-state index in [1.165, 1.54) is 13.0 Å². The molecule has 0 fully saturated rings. The summed E-state index contributed by atoms with van der Waals surface area (Å²) in [5.74, 6) is 0.119. The third kappa shape index (κ3) is 5.92. The molecule has 0 aromatic heterocycles. The lowest BCUT2D eigenvalue weighted by Gasteiger charge is -1.98. The number of hydrogen-bond donors (Lipinski definition) is 0. The average molecular weight is 231 g/mol. The molecule has 0 amide bonds. The Morgan fingerprint density at radius 2 is 2.33 bits per heavy atom. The van der Waals surface area contributed by atoms with Crippen LogP contribution in [0.2, 0.25) is 0 Å². The Morgan fingerprint density at radius 1 is 1.67 bits per heavy atom. The maximum absolute atomic E-state index is 10.5. The summed E-state index contributed by atoms with van der Waals surface area (Å²) in [5, 5.41) is 0.772. The second-order valence-electron chi connectivity index (χ2n) is 1.95. The molecule has 0 bridgehead atoms. The normalized spacial score (nSPS) is 11.7. The van der Waals surface area contributed by atoms with Gasteiger partial charge < -0.3 is 4.74 Å². The monoisotopic (exact) mass is 230 g/mol. The fourth-order valence-corrected chi connectivity index (χ4v) is 0.740. The van der Waals surface area contributed by atoms with Crippen molar-refractivity contribution in [2.75, 3.05) is 5.33 Å². The Bertz CT molecular complexity index is 217. The standard InChI is InChI=1S/C9H11BrO2/c1-3-9(12-8(2)11)6-4-5-7-10/h3-6H,1,7H2,2H3/b5-4+,9-6+. The maximum Gasteiger partial charge on any atom is 0.308 e. The van der Waals surface area contributed by atoms with E-state index in [0.717, 1.165) is 5.33 Å². The molecule has 0 spiro atoms. The van der Waals surface area contributed by atoms with Crippen molar-refractivity contribution in [3.05, 3.63) is 36.6 Å². The summed E-state index contributed by atoms with van der Waals surface area (Å²) < 4.78 is 4.78. The van der Waals surface area contributed by atoms with Crippen molar-refractivity contribution in [1.82, 2.24) is 0 Å². The number of alkyl halides is 1. The van der Waals surface area contributed by atoms with Gasteiger partial charge in [-0.3, -0.25) is 4.79 Å². The van der Waals surface area contributed by atoms with Gasteiger partial charge in [-0.25, -0.2) is 0 Å². The first-order valence-corrected chi connectivity index (χ1v) is 4.56. The van der Waals surface area contributed by atoms with Crippen LogP contribution in [0.4, 0.5) is 0 Å². The molecule has 0 N–H and O–H groups in total. The summed E-state index contributed by atoms with van der Waals surface area (Å²) in [7, 11) is 0. The Hall–Kier alpha value is -0.830. The molecule has 0 aliphatic heterocycles. The SMILES string of the molecule is C=C/C(=C\C=C\CBr)OC(C)=O. The second kappa shape index (κ2) is 6.85. The lowest BCUT2D eigenvalue weighted by atomic mass is 10.4. The number of rotatable bonds is 4. The molecular formula is C9H11BrO2. The molecule has 0 aliphatic carbocycles. The molecule has 12 heavy (non-hydrogen) atoms. The van der Waals surface area contributed by atoms with Gasteiger partial charge in [0.15, 0.2) is 0 Å². The highest BCUT2D eigenvalue weighted by Crippen LogP contribution is 1.99. The minimum absolute atomic E-state index is 0.339. The van der Waals surface area contributed by atoms with Gasteiger partial charge in [0.2, 0.25) is 0 Å². The molecule has 3 heteroatoms. The third-order valence-electron chi connectivity index (χ3n) is 0.948. The van der Waals surface area contributed by atoms with Gasteiger partial charge in [-0.1, -0.05) is 34.7 Å². The summed E-state index contributed by atoms with van der Waals surface area (Å²) in [6.45, 7) is 4.85. The smallest absolute Gasteiger partial charge is 0.308 e. The lowest BCUT2D eigenvalue weighted by molar-refractivity contribution is -0.136. The Labute approximate surface area is 80.7 Å². The Morgan fingerprint density at radius 3 is 2.75 bits per heavy atom. The molecule has 0 aromatic carbocycles. The summed E-state index contributed by atoms with van der Waals surface area (Å²) in [6, 6.07) is 0. The van der Waals surface area contributed by atoms with Crippen LogP contribution in [-0.4, -0.2) is 11.3 Å². The van der Waals surface area contributed by atoms with Gasteiger partial charge in [-0.05, 0) is 12.2 Å². The number of hydrogen-bond acceptors (Lipinski definition) is 2. The first-order chi connectivity index (χ1) is 5.70. The third-order valence-corrected chi connectivity index (χ3v) is 1.32. The Kier molecular flexibility index (Phi) is 6.38. The van der Waals surface area contributed by atoms with Crippen LogP contribution in [0.15, 0.2) is 36.6 Å². The van der Waals surface area contributed by atoms with Gasteiger partial charge in [0, 0.05) is 12.3 Å². The highest BCUT2D eigenvalue weighted by molar-refractivity contribution is 9.09. The van der Waals surface area contributed by atoms with Gasteiger partial charge in [-0.15, -0.1) is 0 Å². The minimum atomic E-state index is -0.339. The van der Waals surface area contributed by atoms with Crippen molar-refractivity contribution in [2.24, 2.45) is 0 Å². The molecule has 0 atom stereocenters. The van der Waals surface area contributed by atoms with E-state index in [9.17, 15) is 4.79 Å². The molecule has 0 saturated heterocycles. The number of allylic oxidation sites excluding steroid dienone is 4. The molecule has 0 aromatic rings. The van der Waals surface area contributed by atoms with Crippen molar-refractivity contribution < 1.29 is 9.53 Å². The van der Waals surface area contributed by atoms with E-state index < -0.39 is 0 Å². The van der Waals surface area contributed by atoms with Gasteiger partial charge in [0.25, 0.3) is 0 Å². The molecule has 0 rings (SSSR count). The van der Waals surface area contributed by atoms with Crippen molar-refractivity contribution in [2.45, 2.75) is 6.92 Å². The first kappa shape index (κ1) is 11.2. The summed E-state index contributed by atoms with van der Waals surface area (Å²) in [4.78, 5) is 10.5. The number of ether oxygens (including phenoxy) is 1.